The van der Waals surface area contributed by atoms with Gasteiger partial charge in [-0.2, -0.15) is 0 Å². The Labute approximate surface area is 194 Å². The lowest BCUT2D eigenvalue weighted by atomic mass is 10.1. The zero-order valence-corrected chi connectivity index (χ0v) is 18.4. The normalized spacial score (nSPS) is 10.4. The van der Waals surface area contributed by atoms with Crippen LogP contribution in [0.5, 0.6) is 0 Å². The number of hydrogen-bond donors (Lipinski definition) is 3. The van der Waals surface area contributed by atoms with Gasteiger partial charge < -0.3 is 16.0 Å². The fraction of sp³-hybridized carbons (Fsp3) is 0.0417. The highest BCUT2D eigenvalue weighted by Gasteiger charge is 2.13. The SMILES string of the molecule is O=C(Cc1ccccc1NC(=O)Nc1cccc(Cl)c1)Nc1nc(-c2ccccc2)cs1. The van der Waals surface area contributed by atoms with E-state index in [9.17, 15) is 9.59 Å². The van der Waals surface area contributed by atoms with Gasteiger partial charge in [0.25, 0.3) is 0 Å². The van der Waals surface area contributed by atoms with E-state index in [1.54, 1.807) is 42.5 Å². The zero-order chi connectivity index (χ0) is 22.3. The van der Waals surface area contributed by atoms with E-state index in [-0.39, 0.29) is 12.3 Å². The minimum Gasteiger partial charge on any atom is -0.308 e. The Balaban J connectivity index is 1.39. The molecule has 32 heavy (non-hydrogen) atoms. The third kappa shape index (κ3) is 5.72. The minimum atomic E-state index is -0.424. The van der Waals surface area contributed by atoms with Crippen molar-refractivity contribution in [1.29, 1.82) is 0 Å². The number of nitrogens with one attached hydrogen (secondary N) is 3. The maximum atomic E-state index is 12.6. The van der Waals surface area contributed by atoms with Crippen LogP contribution in [-0.4, -0.2) is 16.9 Å². The molecule has 1 aromatic heterocycles. The number of nitrogens with zero attached hydrogens (tertiary/aromatic N) is 1. The summed E-state index contributed by atoms with van der Waals surface area (Å²) in [7, 11) is 0. The van der Waals surface area contributed by atoms with Crippen LogP contribution in [0.2, 0.25) is 5.02 Å². The van der Waals surface area contributed by atoms with Crippen molar-refractivity contribution in [1.82, 2.24) is 4.98 Å². The molecule has 3 aromatic carbocycles. The van der Waals surface area contributed by atoms with Gasteiger partial charge in [-0.3, -0.25) is 4.79 Å². The van der Waals surface area contributed by atoms with Gasteiger partial charge in [0.1, 0.15) is 0 Å². The van der Waals surface area contributed by atoms with Crippen molar-refractivity contribution < 1.29 is 9.59 Å². The molecule has 1 heterocycles. The molecule has 0 unspecified atom stereocenters. The molecule has 0 bridgehead atoms. The third-order valence-corrected chi connectivity index (χ3v) is 5.51. The Morgan fingerprint density at radius 3 is 2.47 bits per heavy atom. The molecule has 3 amide bonds. The summed E-state index contributed by atoms with van der Waals surface area (Å²) in [6.07, 6.45) is 0.0911. The topological polar surface area (TPSA) is 83.1 Å². The Bertz CT molecular complexity index is 1240. The number of carbonyl (C=O) groups is 2. The van der Waals surface area contributed by atoms with Gasteiger partial charge in [0.05, 0.1) is 12.1 Å². The molecule has 4 aromatic rings. The number of carbonyl (C=O) groups excluding carboxylic acids is 2. The standard InChI is InChI=1S/C24H19ClN4O2S/c25-18-10-6-11-19(14-18)26-23(31)27-20-12-5-4-9-17(20)13-22(30)29-24-28-21(15-32-24)16-7-2-1-3-8-16/h1-12,14-15H,13H2,(H2,26,27,31)(H,28,29,30). The first kappa shape index (κ1) is 21.5. The number of amides is 3. The summed E-state index contributed by atoms with van der Waals surface area (Å²) in [5.74, 6) is -0.219. The van der Waals surface area contributed by atoms with Gasteiger partial charge in [0, 0.05) is 27.3 Å². The number of anilines is 3. The molecule has 0 radical (unpaired) electrons. The Kier molecular flexibility index (Phi) is 6.79. The average molecular weight is 463 g/mol. The number of halogens is 1. The summed E-state index contributed by atoms with van der Waals surface area (Å²) in [5, 5.41) is 11.3. The summed E-state index contributed by atoms with van der Waals surface area (Å²) in [6, 6.07) is 23.4. The number of thiazole rings is 1. The molecule has 0 atom stereocenters. The lowest BCUT2D eigenvalue weighted by Gasteiger charge is -2.12. The number of hydrogen-bond acceptors (Lipinski definition) is 4. The highest BCUT2D eigenvalue weighted by atomic mass is 35.5. The highest BCUT2D eigenvalue weighted by molar-refractivity contribution is 7.14. The summed E-state index contributed by atoms with van der Waals surface area (Å²) in [6.45, 7) is 0. The maximum Gasteiger partial charge on any atom is 0.323 e. The second kappa shape index (κ2) is 10.1. The Hall–Kier alpha value is -3.68. The van der Waals surface area contributed by atoms with Gasteiger partial charge in [-0.1, -0.05) is 66.2 Å². The average Bonchev–Trinajstić information content (AvgIpc) is 3.24. The number of rotatable bonds is 6. The molecular formula is C24H19ClN4O2S. The van der Waals surface area contributed by atoms with Gasteiger partial charge >= 0.3 is 6.03 Å². The molecular weight excluding hydrogens is 444 g/mol. The van der Waals surface area contributed by atoms with Gasteiger partial charge in [-0.25, -0.2) is 9.78 Å². The van der Waals surface area contributed by atoms with E-state index >= 15 is 0 Å². The second-order valence-corrected chi connectivity index (χ2v) is 8.17. The summed E-state index contributed by atoms with van der Waals surface area (Å²) < 4.78 is 0. The van der Waals surface area contributed by atoms with E-state index in [1.807, 2.05) is 41.8 Å². The fourth-order valence-electron chi connectivity index (χ4n) is 3.06. The lowest BCUT2D eigenvalue weighted by Crippen LogP contribution is -2.21. The first-order valence-electron chi connectivity index (χ1n) is 9.79. The molecule has 0 aliphatic carbocycles. The van der Waals surface area contributed by atoms with Gasteiger partial charge in [0.2, 0.25) is 5.91 Å². The van der Waals surface area contributed by atoms with Crippen LogP contribution in [-0.2, 0) is 11.2 Å². The van der Waals surface area contributed by atoms with Crippen LogP contribution >= 0.6 is 22.9 Å². The zero-order valence-electron chi connectivity index (χ0n) is 16.8. The summed E-state index contributed by atoms with van der Waals surface area (Å²) in [5.41, 5.74) is 3.61. The monoisotopic (exact) mass is 462 g/mol. The molecule has 6 nitrogen and oxygen atoms in total. The third-order valence-electron chi connectivity index (χ3n) is 4.52. The van der Waals surface area contributed by atoms with Crippen molar-refractivity contribution in [2.45, 2.75) is 6.42 Å². The van der Waals surface area contributed by atoms with E-state index in [1.165, 1.54) is 11.3 Å². The first-order valence-corrected chi connectivity index (χ1v) is 11.0. The predicted molar refractivity (Wildman–Crippen MR) is 130 cm³/mol. The smallest absolute Gasteiger partial charge is 0.308 e. The van der Waals surface area contributed by atoms with Crippen LogP contribution in [0.15, 0.2) is 84.2 Å². The molecule has 8 heteroatoms. The van der Waals surface area contributed by atoms with Crippen molar-refractivity contribution in [2.75, 3.05) is 16.0 Å². The van der Waals surface area contributed by atoms with Gasteiger partial charge in [-0.05, 0) is 29.8 Å². The van der Waals surface area contributed by atoms with E-state index < -0.39 is 6.03 Å². The second-order valence-electron chi connectivity index (χ2n) is 6.88. The minimum absolute atomic E-state index is 0.0911. The van der Waals surface area contributed by atoms with Crippen molar-refractivity contribution in [2.24, 2.45) is 0 Å². The van der Waals surface area contributed by atoms with Crippen LogP contribution in [0, 0.1) is 0 Å². The molecule has 3 N–H and O–H groups in total. The van der Waals surface area contributed by atoms with Gasteiger partial charge in [-0.15, -0.1) is 11.3 Å². The lowest BCUT2D eigenvalue weighted by molar-refractivity contribution is -0.115. The fourth-order valence-corrected chi connectivity index (χ4v) is 3.98. The molecule has 0 fully saturated rings. The van der Waals surface area contributed by atoms with Crippen LogP contribution in [0.4, 0.5) is 21.3 Å². The Morgan fingerprint density at radius 2 is 1.66 bits per heavy atom. The molecule has 0 aliphatic heterocycles. The van der Waals surface area contributed by atoms with E-state index in [2.05, 4.69) is 20.9 Å². The largest absolute Gasteiger partial charge is 0.323 e. The van der Waals surface area contributed by atoms with Crippen LogP contribution in [0.3, 0.4) is 0 Å². The maximum absolute atomic E-state index is 12.6. The molecule has 0 saturated carbocycles. The molecule has 0 aliphatic rings. The summed E-state index contributed by atoms with van der Waals surface area (Å²) in [4.78, 5) is 29.5. The predicted octanol–water partition coefficient (Wildman–Crippen LogP) is 6.29. The number of aromatic nitrogens is 1. The molecule has 4 rings (SSSR count). The van der Waals surface area contributed by atoms with Crippen LogP contribution in [0.1, 0.15) is 5.56 Å². The van der Waals surface area contributed by atoms with Crippen molar-refractivity contribution in [3.8, 4) is 11.3 Å². The van der Waals surface area contributed by atoms with Crippen LogP contribution in [0.25, 0.3) is 11.3 Å². The quantitative estimate of drug-likeness (QED) is 0.315. The van der Waals surface area contributed by atoms with Crippen molar-refractivity contribution in [3.63, 3.8) is 0 Å². The number of para-hydroxylation sites is 1. The Morgan fingerprint density at radius 1 is 0.875 bits per heavy atom. The molecule has 0 saturated heterocycles. The highest BCUT2D eigenvalue weighted by Crippen LogP contribution is 2.25. The van der Waals surface area contributed by atoms with Crippen LogP contribution < -0.4 is 16.0 Å². The number of urea groups is 1. The number of benzene rings is 3. The van der Waals surface area contributed by atoms with Crippen molar-refractivity contribution in [3.05, 3.63) is 94.8 Å². The molecule has 160 valence electrons. The van der Waals surface area contributed by atoms with Gasteiger partial charge in [0.15, 0.2) is 5.13 Å². The van der Waals surface area contributed by atoms with E-state index in [0.717, 1.165) is 11.3 Å². The van der Waals surface area contributed by atoms with E-state index in [4.69, 9.17) is 11.6 Å². The van der Waals surface area contributed by atoms with E-state index in [0.29, 0.717) is 27.1 Å². The first-order chi connectivity index (χ1) is 15.6. The van der Waals surface area contributed by atoms with Crippen molar-refractivity contribution >= 4 is 51.4 Å². The molecule has 0 spiro atoms. The summed E-state index contributed by atoms with van der Waals surface area (Å²) >= 11 is 7.32.